The Bertz CT molecular complexity index is 508. The molecule has 2 atom stereocenters. The number of nitrogens with one attached hydrogen (secondary N) is 1. The summed E-state index contributed by atoms with van der Waals surface area (Å²) in [4.78, 5) is 14.5. The molecule has 2 unspecified atom stereocenters. The van der Waals surface area contributed by atoms with Crippen LogP contribution in [0.2, 0.25) is 5.02 Å². The van der Waals surface area contributed by atoms with Crippen molar-refractivity contribution in [3.8, 4) is 0 Å². The molecule has 0 aliphatic carbocycles. The van der Waals surface area contributed by atoms with E-state index in [9.17, 15) is 4.79 Å². The zero-order valence-corrected chi connectivity index (χ0v) is 12.9. The summed E-state index contributed by atoms with van der Waals surface area (Å²) >= 11 is 9.53. The van der Waals surface area contributed by atoms with Gasteiger partial charge < -0.3 is 10.2 Å². The summed E-state index contributed by atoms with van der Waals surface area (Å²) in [6, 6.07) is 6.47. The van der Waals surface area contributed by atoms with Crippen LogP contribution in [-0.4, -0.2) is 36.0 Å². The molecule has 0 saturated carbocycles. The highest BCUT2D eigenvalue weighted by molar-refractivity contribution is 9.10. The van der Waals surface area contributed by atoms with Gasteiger partial charge in [0.2, 0.25) is 0 Å². The van der Waals surface area contributed by atoms with Gasteiger partial charge in [-0.1, -0.05) is 27.5 Å². The van der Waals surface area contributed by atoms with Crippen LogP contribution in [0.5, 0.6) is 0 Å². The Morgan fingerprint density at radius 1 is 1.32 bits per heavy atom. The molecule has 0 spiro atoms. The zero-order chi connectivity index (χ0) is 13.4. The number of halogens is 2. The van der Waals surface area contributed by atoms with Crippen molar-refractivity contribution in [2.24, 2.45) is 0 Å². The van der Waals surface area contributed by atoms with Crippen molar-refractivity contribution in [2.75, 3.05) is 13.1 Å². The molecular weight excluding hydrogens is 328 g/mol. The zero-order valence-electron chi connectivity index (χ0n) is 10.5. The number of hydrogen-bond acceptors (Lipinski definition) is 2. The topological polar surface area (TPSA) is 32.3 Å². The number of carbonyl (C=O) groups is 1. The van der Waals surface area contributed by atoms with Crippen LogP contribution in [0.4, 0.5) is 0 Å². The van der Waals surface area contributed by atoms with Gasteiger partial charge in [0.25, 0.3) is 5.91 Å². The predicted molar refractivity (Wildman–Crippen MR) is 79.6 cm³/mol. The average molecular weight is 344 g/mol. The maximum absolute atomic E-state index is 12.6. The Hall–Kier alpha value is -0.580. The van der Waals surface area contributed by atoms with E-state index in [-0.39, 0.29) is 5.91 Å². The second-order valence-corrected chi connectivity index (χ2v) is 6.62. The number of amides is 1. The summed E-state index contributed by atoms with van der Waals surface area (Å²) in [5.74, 6) is 0.0480. The second-order valence-electron chi connectivity index (χ2n) is 5.30. The number of benzene rings is 1. The van der Waals surface area contributed by atoms with Crippen LogP contribution in [-0.2, 0) is 0 Å². The lowest BCUT2D eigenvalue weighted by atomic mass is 10.1. The average Bonchev–Trinajstić information content (AvgIpc) is 2.68. The SMILES string of the molecule is O=C(c1ccc(Br)cc1Cl)N1CCC2CCC(C1)N2. The van der Waals surface area contributed by atoms with E-state index in [1.807, 2.05) is 11.0 Å². The number of nitrogens with zero attached hydrogens (tertiary/aromatic N) is 1. The molecule has 2 aliphatic heterocycles. The first-order valence-corrected chi connectivity index (χ1v) is 7.81. The molecule has 2 saturated heterocycles. The minimum Gasteiger partial charge on any atom is -0.337 e. The fraction of sp³-hybridized carbons (Fsp3) is 0.500. The molecule has 19 heavy (non-hydrogen) atoms. The van der Waals surface area contributed by atoms with E-state index in [0.29, 0.717) is 22.7 Å². The highest BCUT2D eigenvalue weighted by Gasteiger charge is 2.31. The van der Waals surface area contributed by atoms with Gasteiger partial charge in [0.05, 0.1) is 10.6 Å². The molecule has 1 N–H and O–H groups in total. The normalized spacial score (nSPS) is 26.3. The third kappa shape index (κ3) is 2.81. The molecule has 3 nitrogen and oxygen atoms in total. The van der Waals surface area contributed by atoms with Crippen molar-refractivity contribution < 1.29 is 4.79 Å². The lowest BCUT2D eigenvalue weighted by molar-refractivity contribution is 0.0748. The first-order valence-electron chi connectivity index (χ1n) is 6.64. The van der Waals surface area contributed by atoms with Crippen LogP contribution in [0.25, 0.3) is 0 Å². The molecule has 2 aliphatic rings. The van der Waals surface area contributed by atoms with Gasteiger partial charge in [0.15, 0.2) is 0 Å². The largest absolute Gasteiger partial charge is 0.337 e. The second kappa shape index (κ2) is 5.43. The van der Waals surface area contributed by atoms with Gasteiger partial charge >= 0.3 is 0 Å². The smallest absolute Gasteiger partial charge is 0.255 e. The van der Waals surface area contributed by atoms with Crippen molar-refractivity contribution in [3.05, 3.63) is 33.3 Å². The molecule has 102 valence electrons. The molecule has 0 radical (unpaired) electrons. The number of likely N-dealkylation sites (tertiary alicyclic amines) is 1. The summed E-state index contributed by atoms with van der Waals surface area (Å²) in [5.41, 5.74) is 0.600. The number of carbonyl (C=O) groups excluding carboxylic acids is 1. The van der Waals surface area contributed by atoms with Crippen molar-refractivity contribution in [3.63, 3.8) is 0 Å². The van der Waals surface area contributed by atoms with Gasteiger partial charge in [-0.3, -0.25) is 4.79 Å². The van der Waals surface area contributed by atoms with E-state index in [4.69, 9.17) is 11.6 Å². The lowest BCUT2D eigenvalue weighted by Gasteiger charge is -2.24. The van der Waals surface area contributed by atoms with Gasteiger partial charge in [0.1, 0.15) is 0 Å². The van der Waals surface area contributed by atoms with Crippen LogP contribution < -0.4 is 5.32 Å². The van der Waals surface area contributed by atoms with Crippen LogP contribution in [0.1, 0.15) is 29.6 Å². The van der Waals surface area contributed by atoms with Crippen molar-refractivity contribution in [1.29, 1.82) is 0 Å². The summed E-state index contributed by atoms with van der Waals surface area (Å²) in [6.07, 6.45) is 3.45. The van der Waals surface area contributed by atoms with Crippen LogP contribution >= 0.6 is 27.5 Å². The first-order chi connectivity index (χ1) is 9.13. The molecule has 2 heterocycles. The van der Waals surface area contributed by atoms with Gasteiger partial charge in [-0.2, -0.15) is 0 Å². The monoisotopic (exact) mass is 342 g/mol. The Labute approximate surface area is 126 Å². The highest BCUT2D eigenvalue weighted by Crippen LogP contribution is 2.25. The molecule has 3 rings (SSSR count). The lowest BCUT2D eigenvalue weighted by Crippen LogP contribution is -2.39. The Morgan fingerprint density at radius 3 is 2.89 bits per heavy atom. The Morgan fingerprint density at radius 2 is 2.11 bits per heavy atom. The Kier molecular flexibility index (Phi) is 3.83. The van der Waals surface area contributed by atoms with E-state index < -0.39 is 0 Å². The number of hydrogen-bond donors (Lipinski definition) is 1. The maximum atomic E-state index is 12.6. The molecule has 2 fully saturated rings. The Balaban J connectivity index is 1.79. The van der Waals surface area contributed by atoms with E-state index in [0.717, 1.165) is 24.0 Å². The first kappa shape index (κ1) is 13.4. The fourth-order valence-electron chi connectivity index (χ4n) is 2.96. The third-order valence-electron chi connectivity index (χ3n) is 3.97. The van der Waals surface area contributed by atoms with E-state index >= 15 is 0 Å². The van der Waals surface area contributed by atoms with Crippen LogP contribution in [0.3, 0.4) is 0 Å². The molecule has 1 aromatic rings. The summed E-state index contributed by atoms with van der Waals surface area (Å²) in [7, 11) is 0. The number of fused-ring (bicyclic) bond motifs is 2. The quantitative estimate of drug-likeness (QED) is 0.850. The number of rotatable bonds is 1. The molecular formula is C14H16BrClN2O. The molecule has 5 heteroatoms. The minimum atomic E-state index is 0.0480. The summed E-state index contributed by atoms with van der Waals surface area (Å²) in [5, 5.41) is 4.09. The molecule has 0 aromatic heterocycles. The van der Waals surface area contributed by atoms with Crippen molar-refractivity contribution >= 4 is 33.4 Å². The van der Waals surface area contributed by atoms with Crippen LogP contribution in [0, 0.1) is 0 Å². The molecule has 1 aromatic carbocycles. The van der Waals surface area contributed by atoms with Crippen LogP contribution in [0.15, 0.2) is 22.7 Å². The van der Waals surface area contributed by atoms with E-state index in [1.54, 1.807) is 12.1 Å². The van der Waals surface area contributed by atoms with Crippen molar-refractivity contribution in [1.82, 2.24) is 10.2 Å². The summed E-state index contributed by atoms with van der Waals surface area (Å²) in [6.45, 7) is 1.61. The van der Waals surface area contributed by atoms with Gasteiger partial charge in [-0.15, -0.1) is 0 Å². The minimum absolute atomic E-state index is 0.0480. The third-order valence-corrected chi connectivity index (χ3v) is 4.78. The van der Waals surface area contributed by atoms with Gasteiger partial charge in [-0.25, -0.2) is 0 Å². The predicted octanol–water partition coefficient (Wildman–Crippen LogP) is 3.07. The van der Waals surface area contributed by atoms with E-state index in [2.05, 4.69) is 21.2 Å². The highest BCUT2D eigenvalue weighted by atomic mass is 79.9. The molecule has 1 amide bonds. The summed E-state index contributed by atoms with van der Waals surface area (Å²) < 4.78 is 0.894. The van der Waals surface area contributed by atoms with Gasteiger partial charge in [-0.05, 0) is 37.5 Å². The van der Waals surface area contributed by atoms with E-state index in [1.165, 1.54) is 12.8 Å². The maximum Gasteiger partial charge on any atom is 0.255 e. The molecule has 2 bridgehead atoms. The fourth-order valence-corrected chi connectivity index (χ4v) is 3.71. The van der Waals surface area contributed by atoms with Crippen molar-refractivity contribution in [2.45, 2.75) is 31.3 Å². The van der Waals surface area contributed by atoms with Gasteiger partial charge in [0, 0.05) is 29.6 Å². The standard InChI is InChI=1S/C14H16BrClN2O/c15-9-1-4-12(13(16)7-9)14(19)18-6-5-10-2-3-11(8-18)17-10/h1,4,7,10-11,17H,2-3,5-6,8H2.